The monoisotopic (exact) mass is 269 g/mol. The minimum atomic E-state index is -0.584. The van der Waals surface area contributed by atoms with E-state index in [1.165, 1.54) is 11.8 Å². The molecule has 1 aromatic rings. The fourth-order valence-corrected chi connectivity index (χ4v) is 1.60. The van der Waals surface area contributed by atoms with Gasteiger partial charge in [0.25, 0.3) is 0 Å². The molecule has 8 nitrogen and oxygen atoms in total. The van der Waals surface area contributed by atoms with Gasteiger partial charge in [0.2, 0.25) is 5.91 Å². The quantitative estimate of drug-likeness (QED) is 0.647. The molecule has 8 heteroatoms. The van der Waals surface area contributed by atoms with E-state index in [1.807, 2.05) is 13.8 Å². The van der Waals surface area contributed by atoms with E-state index in [-0.39, 0.29) is 24.2 Å². The summed E-state index contributed by atoms with van der Waals surface area (Å²) < 4.78 is 5.98. The van der Waals surface area contributed by atoms with Crippen LogP contribution in [-0.2, 0) is 22.5 Å². The second-order valence-electron chi connectivity index (χ2n) is 4.29. The van der Waals surface area contributed by atoms with Crippen LogP contribution in [0.15, 0.2) is 0 Å². The third-order valence-corrected chi connectivity index (χ3v) is 2.34. The van der Waals surface area contributed by atoms with Crippen molar-refractivity contribution in [3.05, 3.63) is 11.4 Å². The van der Waals surface area contributed by atoms with Crippen molar-refractivity contribution in [1.82, 2.24) is 20.3 Å². The van der Waals surface area contributed by atoms with Crippen LogP contribution in [0.4, 0.5) is 0 Å². The van der Waals surface area contributed by atoms with Gasteiger partial charge in [0.1, 0.15) is 6.54 Å². The Morgan fingerprint density at radius 2 is 2.16 bits per heavy atom. The van der Waals surface area contributed by atoms with E-state index in [0.717, 1.165) is 0 Å². The summed E-state index contributed by atoms with van der Waals surface area (Å²) in [4.78, 5) is 23.2. The molecule has 0 fully saturated rings. The first kappa shape index (κ1) is 15.1. The molecule has 0 saturated heterocycles. The van der Waals surface area contributed by atoms with E-state index in [1.54, 1.807) is 0 Å². The van der Waals surface area contributed by atoms with E-state index in [2.05, 4.69) is 20.4 Å². The third kappa shape index (κ3) is 4.02. The first-order chi connectivity index (χ1) is 8.99. The van der Waals surface area contributed by atoms with Crippen molar-refractivity contribution in [1.29, 1.82) is 0 Å². The number of methoxy groups -OCH3 is 1. The molecule has 0 aliphatic rings. The number of nitrogens with one attached hydrogen (secondary N) is 1. The number of hydrogen-bond donors (Lipinski definition) is 2. The van der Waals surface area contributed by atoms with Crippen LogP contribution >= 0.6 is 0 Å². The Balaban J connectivity index is 2.91. The largest absolute Gasteiger partial charge is 0.464 e. The summed E-state index contributed by atoms with van der Waals surface area (Å²) in [5.41, 5.74) is 6.10. The van der Waals surface area contributed by atoms with Gasteiger partial charge in [-0.25, -0.2) is 9.48 Å². The standard InChI is InChI=1S/C11H19N5O3/c1-7(2)13-9(17)6-16-8(4-5-12)10(14-15-16)11(18)19-3/h7H,4-6,12H2,1-3H3,(H,13,17). The van der Waals surface area contributed by atoms with Gasteiger partial charge in [0.15, 0.2) is 5.69 Å². The molecule has 0 saturated carbocycles. The highest BCUT2D eigenvalue weighted by Gasteiger charge is 2.20. The molecule has 0 radical (unpaired) electrons. The highest BCUT2D eigenvalue weighted by Crippen LogP contribution is 2.07. The summed E-state index contributed by atoms with van der Waals surface area (Å²) >= 11 is 0. The van der Waals surface area contributed by atoms with Crippen molar-refractivity contribution in [2.45, 2.75) is 32.9 Å². The smallest absolute Gasteiger partial charge is 0.360 e. The van der Waals surface area contributed by atoms with Gasteiger partial charge in [0.05, 0.1) is 12.8 Å². The first-order valence-corrected chi connectivity index (χ1v) is 5.99. The zero-order chi connectivity index (χ0) is 14.4. The normalized spacial score (nSPS) is 10.6. The SMILES string of the molecule is COC(=O)c1nnn(CC(=O)NC(C)C)c1CCN. The number of ether oxygens (including phenoxy) is 1. The number of carbonyl (C=O) groups is 2. The van der Waals surface area contributed by atoms with E-state index in [0.29, 0.717) is 18.7 Å². The zero-order valence-electron chi connectivity index (χ0n) is 11.3. The van der Waals surface area contributed by atoms with E-state index < -0.39 is 5.97 Å². The number of rotatable bonds is 6. The maximum absolute atomic E-state index is 11.7. The van der Waals surface area contributed by atoms with Crippen molar-refractivity contribution < 1.29 is 14.3 Å². The Bertz CT molecular complexity index is 455. The van der Waals surface area contributed by atoms with Crippen LogP contribution in [0.3, 0.4) is 0 Å². The lowest BCUT2D eigenvalue weighted by Crippen LogP contribution is -2.34. The van der Waals surface area contributed by atoms with Crippen LogP contribution in [0.5, 0.6) is 0 Å². The third-order valence-electron chi connectivity index (χ3n) is 2.34. The lowest BCUT2D eigenvalue weighted by molar-refractivity contribution is -0.122. The number of amides is 1. The van der Waals surface area contributed by atoms with Gasteiger partial charge in [-0.1, -0.05) is 5.21 Å². The lowest BCUT2D eigenvalue weighted by Gasteiger charge is -2.09. The van der Waals surface area contributed by atoms with Crippen LogP contribution < -0.4 is 11.1 Å². The number of aromatic nitrogens is 3. The zero-order valence-corrected chi connectivity index (χ0v) is 11.3. The second-order valence-corrected chi connectivity index (χ2v) is 4.29. The Kier molecular flexibility index (Phi) is 5.43. The van der Waals surface area contributed by atoms with Gasteiger partial charge >= 0.3 is 5.97 Å². The molecule has 1 aromatic heterocycles. The van der Waals surface area contributed by atoms with Crippen molar-refractivity contribution in [2.75, 3.05) is 13.7 Å². The Morgan fingerprint density at radius 3 is 2.68 bits per heavy atom. The average Bonchev–Trinajstić information content (AvgIpc) is 2.71. The van der Waals surface area contributed by atoms with E-state index in [4.69, 9.17) is 5.73 Å². The van der Waals surface area contributed by atoms with Gasteiger partial charge in [-0.15, -0.1) is 5.10 Å². The molecule has 19 heavy (non-hydrogen) atoms. The van der Waals surface area contributed by atoms with Gasteiger partial charge in [-0.05, 0) is 20.4 Å². The van der Waals surface area contributed by atoms with Gasteiger partial charge < -0.3 is 15.8 Å². The molecule has 0 aromatic carbocycles. The summed E-state index contributed by atoms with van der Waals surface area (Å²) in [5.74, 6) is -0.784. The van der Waals surface area contributed by atoms with Crippen LogP contribution in [-0.4, -0.2) is 46.6 Å². The lowest BCUT2D eigenvalue weighted by atomic mass is 10.2. The number of esters is 1. The topological polar surface area (TPSA) is 112 Å². The molecule has 3 N–H and O–H groups in total. The molecule has 1 rings (SSSR count). The molecule has 0 aliphatic heterocycles. The fourth-order valence-electron chi connectivity index (χ4n) is 1.60. The predicted molar refractivity (Wildman–Crippen MR) is 67.4 cm³/mol. The van der Waals surface area contributed by atoms with E-state index in [9.17, 15) is 9.59 Å². The van der Waals surface area contributed by atoms with Crippen molar-refractivity contribution in [3.63, 3.8) is 0 Å². The molecule has 1 heterocycles. The molecular weight excluding hydrogens is 250 g/mol. The maximum atomic E-state index is 11.7. The molecule has 0 aliphatic carbocycles. The molecule has 106 valence electrons. The predicted octanol–water partition coefficient (Wildman–Crippen LogP) is -0.909. The summed E-state index contributed by atoms with van der Waals surface area (Å²) in [7, 11) is 1.26. The molecular formula is C11H19N5O3. The minimum absolute atomic E-state index is 0.00247. The summed E-state index contributed by atoms with van der Waals surface area (Å²) in [6, 6.07) is 0.0362. The Labute approximate surface area is 111 Å². The van der Waals surface area contributed by atoms with Gasteiger partial charge in [-0.2, -0.15) is 0 Å². The van der Waals surface area contributed by atoms with Crippen molar-refractivity contribution in [2.24, 2.45) is 5.73 Å². The molecule has 0 spiro atoms. The van der Waals surface area contributed by atoms with Crippen LogP contribution in [0.1, 0.15) is 30.0 Å². The van der Waals surface area contributed by atoms with E-state index >= 15 is 0 Å². The average molecular weight is 269 g/mol. The van der Waals surface area contributed by atoms with Gasteiger partial charge in [0, 0.05) is 12.5 Å². The highest BCUT2D eigenvalue weighted by atomic mass is 16.5. The summed E-state index contributed by atoms with van der Waals surface area (Å²) in [6.45, 7) is 4.04. The first-order valence-electron chi connectivity index (χ1n) is 5.99. The van der Waals surface area contributed by atoms with Crippen molar-refractivity contribution in [3.8, 4) is 0 Å². The Morgan fingerprint density at radius 1 is 1.47 bits per heavy atom. The summed E-state index contributed by atoms with van der Waals surface area (Å²) in [6.07, 6.45) is 0.395. The number of nitrogens with two attached hydrogens (primary N) is 1. The molecule has 0 unspecified atom stereocenters. The Hall–Kier alpha value is -1.96. The van der Waals surface area contributed by atoms with Crippen LogP contribution in [0, 0.1) is 0 Å². The minimum Gasteiger partial charge on any atom is -0.464 e. The van der Waals surface area contributed by atoms with Gasteiger partial charge in [-0.3, -0.25) is 4.79 Å². The summed E-state index contributed by atoms with van der Waals surface area (Å²) in [5, 5.41) is 10.3. The molecule has 0 atom stereocenters. The fraction of sp³-hybridized carbons (Fsp3) is 0.636. The number of carbonyl (C=O) groups excluding carboxylic acids is 2. The molecule has 1 amide bonds. The van der Waals surface area contributed by atoms with Crippen LogP contribution in [0.25, 0.3) is 0 Å². The number of nitrogens with zero attached hydrogens (tertiary/aromatic N) is 3. The van der Waals surface area contributed by atoms with Crippen LogP contribution in [0.2, 0.25) is 0 Å². The van der Waals surface area contributed by atoms with Crippen molar-refractivity contribution >= 4 is 11.9 Å². The second kappa shape index (κ2) is 6.83. The molecule has 0 bridgehead atoms. The number of hydrogen-bond acceptors (Lipinski definition) is 6. The maximum Gasteiger partial charge on any atom is 0.360 e. The highest BCUT2D eigenvalue weighted by molar-refractivity contribution is 5.88.